The van der Waals surface area contributed by atoms with Gasteiger partial charge in [0.05, 0.1) is 0 Å². The van der Waals surface area contributed by atoms with Crippen LogP contribution in [0.15, 0.2) is 0 Å². The Morgan fingerprint density at radius 1 is 1.28 bits per heavy atom. The Balaban J connectivity index is 2.58. The molecule has 0 saturated heterocycles. The van der Waals surface area contributed by atoms with Crippen LogP contribution in [0.1, 0.15) is 60.3 Å². The summed E-state index contributed by atoms with van der Waals surface area (Å²) in [6.45, 7) is 9.43. The van der Waals surface area contributed by atoms with Crippen molar-refractivity contribution in [3.8, 4) is 0 Å². The molecular weight excluding hydrogens is 230 g/mol. The first-order valence-corrected chi connectivity index (χ1v) is 6.63. The van der Waals surface area contributed by atoms with Crippen molar-refractivity contribution in [3.63, 3.8) is 0 Å². The van der Waals surface area contributed by atoms with Crippen LogP contribution >= 0.6 is 0 Å². The van der Waals surface area contributed by atoms with Gasteiger partial charge in [-0.25, -0.2) is 4.79 Å². The summed E-state index contributed by atoms with van der Waals surface area (Å²) in [6, 6.07) is 0. The number of hydrogen-bond donors (Lipinski definition) is 1. The number of ketones is 1. The molecule has 1 rings (SSSR count). The highest BCUT2D eigenvalue weighted by atomic mass is 16.6. The number of nitrogens with one attached hydrogen (secondary N) is 1. The second-order valence-electron chi connectivity index (χ2n) is 6.68. The maximum Gasteiger partial charge on any atom is 0.408 e. The fourth-order valence-electron chi connectivity index (χ4n) is 2.31. The highest BCUT2D eigenvalue weighted by molar-refractivity contribution is 5.79. The van der Waals surface area contributed by atoms with Crippen LogP contribution in [-0.4, -0.2) is 23.0 Å². The molecule has 0 aromatic carbocycles. The van der Waals surface area contributed by atoms with E-state index in [0.29, 0.717) is 18.6 Å². The Morgan fingerprint density at radius 2 is 1.89 bits per heavy atom. The summed E-state index contributed by atoms with van der Waals surface area (Å²) < 4.78 is 5.26. The highest BCUT2D eigenvalue weighted by Crippen LogP contribution is 2.31. The predicted octanol–water partition coefficient (Wildman–Crippen LogP) is 3.05. The highest BCUT2D eigenvalue weighted by Gasteiger charge is 2.35. The van der Waals surface area contributed by atoms with Gasteiger partial charge in [0.1, 0.15) is 11.4 Å². The van der Waals surface area contributed by atoms with Crippen molar-refractivity contribution in [2.75, 3.05) is 0 Å². The zero-order valence-corrected chi connectivity index (χ0v) is 12.1. The van der Waals surface area contributed by atoms with Gasteiger partial charge in [0.2, 0.25) is 0 Å². The lowest BCUT2D eigenvalue weighted by atomic mass is 9.76. The lowest BCUT2D eigenvalue weighted by Crippen LogP contribution is -2.51. The van der Waals surface area contributed by atoms with E-state index < -0.39 is 17.2 Å². The summed E-state index contributed by atoms with van der Waals surface area (Å²) in [5.74, 6) is 0.497. The largest absolute Gasteiger partial charge is 0.444 e. The Labute approximate surface area is 109 Å². The fourth-order valence-corrected chi connectivity index (χ4v) is 2.31. The fraction of sp³-hybridized carbons (Fsp3) is 0.857. The summed E-state index contributed by atoms with van der Waals surface area (Å²) in [7, 11) is 0. The first-order chi connectivity index (χ1) is 8.10. The first kappa shape index (κ1) is 15.0. The molecule has 0 spiro atoms. The molecule has 0 aromatic rings. The van der Waals surface area contributed by atoms with Crippen LogP contribution in [0.4, 0.5) is 4.79 Å². The van der Waals surface area contributed by atoms with Crippen LogP contribution in [0.2, 0.25) is 0 Å². The Hall–Kier alpha value is -1.06. The minimum absolute atomic E-state index is 0.200. The smallest absolute Gasteiger partial charge is 0.408 e. The van der Waals surface area contributed by atoms with Crippen LogP contribution in [-0.2, 0) is 9.53 Å². The summed E-state index contributed by atoms with van der Waals surface area (Å²) >= 11 is 0. The maximum atomic E-state index is 11.8. The van der Waals surface area contributed by atoms with Gasteiger partial charge in [0, 0.05) is 18.4 Å². The number of carbonyl (C=O) groups is 2. The third-order valence-electron chi connectivity index (χ3n) is 3.33. The average Bonchev–Trinajstić information content (AvgIpc) is 2.13. The van der Waals surface area contributed by atoms with Crippen LogP contribution < -0.4 is 5.32 Å². The SMILES string of the molecule is CC(C)(C)OC(=O)NC(C)(C)C1CCCC(=O)C1. The van der Waals surface area contributed by atoms with Crippen molar-refractivity contribution in [2.45, 2.75) is 71.4 Å². The van der Waals surface area contributed by atoms with Crippen LogP contribution in [0.25, 0.3) is 0 Å². The lowest BCUT2D eigenvalue weighted by molar-refractivity contribution is -0.122. The Bertz CT molecular complexity index is 328. The minimum Gasteiger partial charge on any atom is -0.444 e. The number of alkyl carbamates (subject to hydrolysis) is 1. The molecular formula is C14H25NO3. The number of carbonyl (C=O) groups excluding carboxylic acids is 2. The van der Waals surface area contributed by atoms with Gasteiger partial charge in [-0.1, -0.05) is 0 Å². The normalized spacial score (nSPS) is 21.6. The van der Waals surface area contributed by atoms with E-state index in [1.54, 1.807) is 0 Å². The topological polar surface area (TPSA) is 55.4 Å². The molecule has 1 aliphatic rings. The van der Waals surface area contributed by atoms with Gasteiger partial charge in [-0.15, -0.1) is 0 Å². The number of amides is 1. The molecule has 1 fully saturated rings. The van der Waals surface area contributed by atoms with Crippen molar-refractivity contribution in [1.29, 1.82) is 0 Å². The average molecular weight is 255 g/mol. The molecule has 1 unspecified atom stereocenters. The molecule has 0 bridgehead atoms. The quantitative estimate of drug-likeness (QED) is 0.825. The Morgan fingerprint density at radius 3 is 2.39 bits per heavy atom. The molecule has 4 nitrogen and oxygen atoms in total. The molecule has 1 aliphatic carbocycles. The number of Topliss-reactive ketones (excluding diaryl/α,β-unsaturated/α-hetero) is 1. The summed E-state index contributed by atoms with van der Waals surface area (Å²) in [5, 5.41) is 2.89. The molecule has 1 atom stereocenters. The molecule has 4 heteroatoms. The molecule has 0 aliphatic heterocycles. The van der Waals surface area contributed by atoms with Crippen molar-refractivity contribution in [2.24, 2.45) is 5.92 Å². The molecule has 1 saturated carbocycles. The van der Waals surface area contributed by atoms with Crippen molar-refractivity contribution in [1.82, 2.24) is 5.32 Å². The van der Waals surface area contributed by atoms with Gasteiger partial charge in [-0.2, -0.15) is 0 Å². The number of ether oxygens (including phenoxy) is 1. The maximum absolute atomic E-state index is 11.8. The standard InChI is InChI=1S/C14H25NO3/c1-13(2,3)18-12(17)15-14(4,5)10-7-6-8-11(16)9-10/h10H,6-9H2,1-5H3,(H,15,17). The predicted molar refractivity (Wildman–Crippen MR) is 70.4 cm³/mol. The lowest BCUT2D eigenvalue weighted by Gasteiger charge is -2.37. The zero-order valence-electron chi connectivity index (χ0n) is 12.1. The molecule has 18 heavy (non-hydrogen) atoms. The summed E-state index contributed by atoms with van der Waals surface area (Å²) in [4.78, 5) is 23.3. The Kier molecular flexibility index (Phi) is 4.41. The third kappa shape index (κ3) is 4.67. The van der Waals surface area contributed by atoms with Gasteiger partial charge in [-0.3, -0.25) is 4.79 Å². The van der Waals surface area contributed by atoms with E-state index >= 15 is 0 Å². The van der Waals surface area contributed by atoms with Crippen LogP contribution in [0.3, 0.4) is 0 Å². The van der Waals surface area contributed by atoms with Crippen LogP contribution in [0, 0.1) is 5.92 Å². The van der Waals surface area contributed by atoms with Crippen molar-refractivity contribution < 1.29 is 14.3 Å². The van der Waals surface area contributed by atoms with Gasteiger partial charge in [0.25, 0.3) is 0 Å². The van der Waals surface area contributed by atoms with E-state index in [9.17, 15) is 9.59 Å². The first-order valence-electron chi connectivity index (χ1n) is 6.63. The van der Waals surface area contributed by atoms with E-state index in [0.717, 1.165) is 12.8 Å². The minimum atomic E-state index is -0.497. The molecule has 0 heterocycles. The molecule has 0 aromatic heterocycles. The van der Waals surface area contributed by atoms with E-state index in [2.05, 4.69) is 5.32 Å². The van der Waals surface area contributed by atoms with Crippen molar-refractivity contribution in [3.05, 3.63) is 0 Å². The van der Waals surface area contributed by atoms with Gasteiger partial charge in [0.15, 0.2) is 0 Å². The zero-order chi connectivity index (χ0) is 14.0. The second-order valence-corrected chi connectivity index (χ2v) is 6.68. The summed E-state index contributed by atoms with van der Waals surface area (Å²) in [6.07, 6.45) is 2.73. The molecule has 1 amide bonds. The number of hydrogen-bond acceptors (Lipinski definition) is 3. The second kappa shape index (κ2) is 5.29. The van der Waals surface area contributed by atoms with E-state index in [4.69, 9.17) is 4.74 Å². The van der Waals surface area contributed by atoms with Crippen LogP contribution in [0.5, 0.6) is 0 Å². The molecule has 0 radical (unpaired) electrons. The monoisotopic (exact) mass is 255 g/mol. The van der Waals surface area contributed by atoms with E-state index in [-0.39, 0.29) is 5.92 Å². The van der Waals surface area contributed by atoms with Crippen molar-refractivity contribution >= 4 is 11.9 Å². The van der Waals surface area contributed by atoms with Gasteiger partial charge < -0.3 is 10.1 Å². The van der Waals surface area contributed by atoms with Gasteiger partial charge >= 0.3 is 6.09 Å². The van der Waals surface area contributed by atoms with E-state index in [1.165, 1.54) is 0 Å². The van der Waals surface area contributed by atoms with Gasteiger partial charge in [-0.05, 0) is 53.4 Å². The molecule has 1 N–H and O–H groups in total. The number of rotatable bonds is 2. The van der Waals surface area contributed by atoms with E-state index in [1.807, 2.05) is 34.6 Å². The molecule has 104 valence electrons. The summed E-state index contributed by atoms with van der Waals surface area (Å²) in [5.41, 5.74) is -0.902. The third-order valence-corrected chi connectivity index (χ3v) is 3.33.